The molecule has 5 nitrogen and oxygen atoms in total. The van der Waals surface area contributed by atoms with Crippen LogP contribution in [0.3, 0.4) is 0 Å². The highest BCUT2D eigenvalue weighted by molar-refractivity contribution is 7.12. The average Bonchev–Trinajstić information content (AvgIpc) is 2.86. The average molecular weight is 245 g/mol. The number of hydrogen-bond acceptors (Lipinski definition) is 6. The monoisotopic (exact) mass is 245 g/mol. The summed E-state index contributed by atoms with van der Waals surface area (Å²) in [5.41, 5.74) is 2.54. The summed E-state index contributed by atoms with van der Waals surface area (Å²) in [5.74, 6) is 2.79. The summed E-state index contributed by atoms with van der Waals surface area (Å²) in [6.45, 7) is 2.28. The molecule has 1 saturated heterocycles. The Labute approximate surface area is 103 Å². The van der Waals surface area contributed by atoms with E-state index in [-0.39, 0.29) is 0 Å². The van der Waals surface area contributed by atoms with Crippen LogP contribution in [0.25, 0.3) is 10.7 Å². The predicted molar refractivity (Wildman–Crippen MR) is 64.7 cm³/mol. The zero-order valence-corrected chi connectivity index (χ0v) is 9.97. The molecule has 2 unspecified atom stereocenters. The van der Waals surface area contributed by atoms with E-state index in [0.29, 0.717) is 0 Å². The third-order valence-electron chi connectivity index (χ3n) is 3.50. The van der Waals surface area contributed by atoms with Gasteiger partial charge in [0.2, 0.25) is 0 Å². The van der Waals surface area contributed by atoms with Crippen LogP contribution in [0.1, 0.15) is 6.42 Å². The molecule has 1 aliphatic carbocycles. The van der Waals surface area contributed by atoms with E-state index < -0.39 is 0 Å². The lowest BCUT2D eigenvalue weighted by Crippen LogP contribution is -2.23. The second kappa shape index (κ2) is 3.46. The smallest absolute Gasteiger partial charge is 0.167 e. The normalized spacial score (nSPS) is 26.0. The van der Waals surface area contributed by atoms with Gasteiger partial charge in [-0.05, 0) is 18.3 Å². The second-order valence-electron chi connectivity index (χ2n) is 4.67. The van der Waals surface area contributed by atoms with Crippen molar-refractivity contribution in [2.75, 3.05) is 18.0 Å². The van der Waals surface area contributed by atoms with Crippen molar-refractivity contribution in [3.05, 3.63) is 17.9 Å². The molecule has 6 heteroatoms. The Hall–Kier alpha value is -1.56. The number of piperidine rings is 1. The van der Waals surface area contributed by atoms with Gasteiger partial charge in [0.1, 0.15) is 17.0 Å². The molecule has 1 aliphatic heterocycles. The lowest BCUT2D eigenvalue weighted by molar-refractivity contribution is 0.802. The predicted octanol–water partition coefficient (Wildman–Crippen LogP) is 1.45. The molecule has 0 aromatic carbocycles. The fraction of sp³-hybridized carbons (Fsp3) is 0.455. The second-order valence-corrected chi connectivity index (χ2v) is 5.50. The van der Waals surface area contributed by atoms with Gasteiger partial charge in [0.25, 0.3) is 0 Å². The highest BCUT2D eigenvalue weighted by atomic mass is 32.1. The van der Waals surface area contributed by atoms with Crippen molar-refractivity contribution >= 4 is 17.2 Å². The highest BCUT2D eigenvalue weighted by Crippen LogP contribution is 2.45. The molecular weight excluding hydrogens is 234 g/mol. The standard InChI is InChI=1S/C11H11N5S/c1-7-4-16(5-8(1)7)10-3-12-2-9(14-10)11-15-13-6-17-11/h2-3,6-8H,1,4-5H2. The maximum Gasteiger partial charge on any atom is 0.167 e. The van der Waals surface area contributed by atoms with Gasteiger partial charge in [0.05, 0.1) is 12.4 Å². The van der Waals surface area contributed by atoms with Crippen molar-refractivity contribution in [3.63, 3.8) is 0 Å². The summed E-state index contributed by atoms with van der Waals surface area (Å²) in [4.78, 5) is 11.2. The first kappa shape index (κ1) is 9.47. The highest BCUT2D eigenvalue weighted by Gasteiger charge is 2.45. The van der Waals surface area contributed by atoms with Gasteiger partial charge >= 0.3 is 0 Å². The Morgan fingerprint density at radius 2 is 2.12 bits per heavy atom. The lowest BCUT2D eigenvalue weighted by atomic mass is 10.4. The van der Waals surface area contributed by atoms with E-state index >= 15 is 0 Å². The van der Waals surface area contributed by atoms with Crippen molar-refractivity contribution in [3.8, 4) is 10.7 Å². The Balaban J connectivity index is 1.66. The van der Waals surface area contributed by atoms with Crippen molar-refractivity contribution in [1.82, 2.24) is 20.2 Å². The zero-order chi connectivity index (χ0) is 11.2. The van der Waals surface area contributed by atoms with E-state index in [1.807, 2.05) is 6.20 Å². The molecule has 2 aliphatic rings. The van der Waals surface area contributed by atoms with E-state index in [0.717, 1.165) is 41.4 Å². The van der Waals surface area contributed by atoms with Crippen LogP contribution in [0, 0.1) is 11.8 Å². The van der Waals surface area contributed by atoms with Crippen LogP contribution >= 0.6 is 11.3 Å². The van der Waals surface area contributed by atoms with Crippen LogP contribution in [-0.2, 0) is 0 Å². The van der Waals surface area contributed by atoms with E-state index in [1.54, 1.807) is 11.7 Å². The van der Waals surface area contributed by atoms with Crippen molar-refractivity contribution < 1.29 is 0 Å². The van der Waals surface area contributed by atoms with E-state index in [2.05, 4.69) is 25.1 Å². The molecule has 2 fully saturated rings. The first-order valence-electron chi connectivity index (χ1n) is 5.73. The van der Waals surface area contributed by atoms with E-state index in [1.165, 1.54) is 17.8 Å². The molecule has 4 rings (SSSR count). The number of nitrogens with zero attached hydrogens (tertiary/aromatic N) is 5. The van der Waals surface area contributed by atoms with Crippen molar-refractivity contribution in [2.45, 2.75) is 6.42 Å². The molecule has 2 atom stereocenters. The maximum absolute atomic E-state index is 4.62. The van der Waals surface area contributed by atoms with Gasteiger partial charge in [-0.1, -0.05) is 11.3 Å². The number of rotatable bonds is 2. The van der Waals surface area contributed by atoms with Crippen LogP contribution in [0.2, 0.25) is 0 Å². The Morgan fingerprint density at radius 3 is 2.88 bits per heavy atom. The number of fused-ring (bicyclic) bond motifs is 1. The summed E-state index contributed by atoms with van der Waals surface area (Å²) in [6.07, 6.45) is 5.00. The molecule has 0 radical (unpaired) electrons. The molecule has 1 saturated carbocycles. The van der Waals surface area contributed by atoms with E-state index in [4.69, 9.17) is 0 Å². The molecule has 0 spiro atoms. The van der Waals surface area contributed by atoms with Crippen LogP contribution in [-0.4, -0.2) is 33.3 Å². The molecule has 2 aromatic heterocycles. The fourth-order valence-electron chi connectivity index (χ4n) is 2.48. The fourth-order valence-corrected chi connectivity index (χ4v) is 2.99. The minimum absolute atomic E-state index is 0.825. The van der Waals surface area contributed by atoms with Crippen molar-refractivity contribution in [1.29, 1.82) is 0 Å². The van der Waals surface area contributed by atoms with E-state index in [9.17, 15) is 0 Å². The molecule has 3 heterocycles. The van der Waals surface area contributed by atoms with Crippen LogP contribution in [0.4, 0.5) is 5.82 Å². The zero-order valence-electron chi connectivity index (χ0n) is 9.15. The van der Waals surface area contributed by atoms with Gasteiger partial charge in [-0.3, -0.25) is 4.98 Å². The summed E-state index contributed by atoms with van der Waals surface area (Å²) in [6, 6.07) is 0. The molecule has 0 amide bonds. The third kappa shape index (κ3) is 1.59. The van der Waals surface area contributed by atoms with Gasteiger partial charge < -0.3 is 4.90 Å². The minimum atomic E-state index is 0.825. The van der Waals surface area contributed by atoms with Gasteiger partial charge in [-0.15, -0.1) is 10.2 Å². The summed E-state index contributed by atoms with van der Waals surface area (Å²) >= 11 is 1.49. The largest absolute Gasteiger partial charge is 0.355 e. The Bertz CT molecular complexity index is 531. The Morgan fingerprint density at radius 1 is 1.24 bits per heavy atom. The third-order valence-corrected chi connectivity index (χ3v) is 4.22. The van der Waals surface area contributed by atoms with Gasteiger partial charge in [-0.25, -0.2) is 4.98 Å². The number of anilines is 1. The maximum atomic E-state index is 4.62. The van der Waals surface area contributed by atoms with Gasteiger partial charge in [0, 0.05) is 13.1 Å². The molecule has 17 heavy (non-hydrogen) atoms. The summed E-state index contributed by atoms with van der Waals surface area (Å²) in [5, 5.41) is 8.69. The van der Waals surface area contributed by atoms with Crippen LogP contribution in [0.5, 0.6) is 0 Å². The quantitative estimate of drug-likeness (QED) is 0.801. The molecule has 0 bridgehead atoms. The first-order valence-corrected chi connectivity index (χ1v) is 6.61. The van der Waals surface area contributed by atoms with Crippen LogP contribution < -0.4 is 4.90 Å². The summed E-state index contributed by atoms with van der Waals surface area (Å²) in [7, 11) is 0. The van der Waals surface area contributed by atoms with Gasteiger partial charge in [0.15, 0.2) is 5.01 Å². The number of aromatic nitrogens is 4. The molecule has 86 valence electrons. The lowest BCUT2D eigenvalue weighted by Gasteiger charge is -2.18. The molecular formula is C11H11N5S. The van der Waals surface area contributed by atoms with Gasteiger partial charge in [-0.2, -0.15) is 0 Å². The SMILES string of the molecule is c1nnc(-c2cncc(N3CC4CC4C3)n2)s1. The number of hydrogen-bond donors (Lipinski definition) is 0. The molecule has 2 aromatic rings. The summed E-state index contributed by atoms with van der Waals surface area (Å²) < 4.78 is 0. The van der Waals surface area contributed by atoms with Crippen LogP contribution in [0.15, 0.2) is 17.9 Å². The Kier molecular flexibility index (Phi) is 1.93. The first-order chi connectivity index (χ1) is 8.40. The van der Waals surface area contributed by atoms with Crippen molar-refractivity contribution in [2.24, 2.45) is 11.8 Å². The topological polar surface area (TPSA) is 54.8 Å². The minimum Gasteiger partial charge on any atom is -0.355 e. The molecule has 0 N–H and O–H groups in total.